The van der Waals surface area contributed by atoms with Crippen LogP contribution in [0.25, 0.3) is 11.5 Å². The van der Waals surface area contributed by atoms with Crippen LogP contribution >= 0.6 is 0 Å². The Kier molecular flexibility index (Phi) is 7.23. The van der Waals surface area contributed by atoms with E-state index in [1.54, 1.807) is 0 Å². The van der Waals surface area contributed by atoms with Crippen LogP contribution in [0.2, 0.25) is 0 Å². The molecule has 4 aromatic rings. The number of carbonyl (C=O) groups is 2. The summed E-state index contributed by atoms with van der Waals surface area (Å²) in [5.41, 5.74) is 4.58. The Bertz CT molecular complexity index is 1260. The van der Waals surface area contributed by atoms with Gasteiger partial charge >= 0.3 is 11.9 Å². The normalized spacial score (nSPS) is 10.9. The van der Waals surface area contributed by atoms with Gasteiger partial charge in [0.1, 0.15) is 5.82 Å². The lowest BCUT2D eigenvalue weighted by molar-refractivity contribution is -0.159. The second kappa shape index (κ2) is 10.1. The minimum atomic E-state index is -1.82. The third-order valence-electron chi connectivity index (χ3n) is 5.07. The highest BCUT2D eigenvalue weighted by atomic mass is 16.4. The molecule has 0 spiro atoms. The molecule has 11 nitrogen and oxygen atoms in total. The van der Waals surface area contributed by atoms with Crippen molar-refractivity contribution in [1.29, 1.82) is 0 Å². The first-order chi connectivity index (χ1) is 15.7. The summed E-state index contributed by atoms with van der Waals surface area (Å²) in [5.74, 6) is -1.63. The lowest BCUT2D eigenvalue weighted by atomic mass is 10.2. The molecule has 0 fully saturated rings. The van der Waals surface area contributed by atoms with Crippen molar-refractivity contribution in [2.24, 2.45) is 0 Å². The molecule has 33 heavy (non-hydrogen) atoms. The quantitative estimate of drug-likeness (QED) is 0.378. The van der Waals surface area contributed by atoms with Crippen LogP contribution in [0, 0.1) is 13.8 Å². The van der Waals surface area contributed by atoms with Gasteiger partial charge in [0.05, 0.1) is 12.7 Å². The van der Waals surface area contributed by atoms with Gasteiger partial charge in [-0.2, -0.15) is 5.10 Å². The van der Waals surface area contributed by atoms with Crippen molar-refractivity contribution in [3.05, 3.63) is 65.5 Å². The minimum absolute atomic E-state index is 0.319. The number of nitrogens with zero attached hydrogens (tertiary/aromatic N) is 6. The van der Waals surface area contributed by atoms with Gasteiger partial charge in [-0.15, -0.1) is 10.2 Å². The summed E-state index contributed by atoms with van der Waals surface area (Å²) in [5, 5.41) is 31.2. The van der Waals surface area contributed by atoms with Gasteiger partial charge in [0.15, 0.2) is 11.5 Å². The summed E-state index contributed by atoms with van der Waals surface area (Å²) >= 11 is 0. The molecule has 0 aromatic carbocycles. The molecule has 4 heterocycles. The molecular weight excluding hydrogens is 426 g/mol. The van der Waals surface area contributed by atoms with E-state index < -0.39 is 11.9 Å². The number of fused-ring (bicyclic) bond motifs is 1. The highest BCUT2D eigenvalue weighted by molar-refractivity contribution is 6.27. The number of aromatic nitrogens is 6. The van der Waals surface area contributed by atoms with Crippen LogP contribution in [0.5, 0.6) is 0 Å². The van der Waals surface area contributed by atoms with Gasteiger partial charge in [-0.3, -0.25) is 4.40 Å². The highest BCUT2D eigenvalue weighted by Gasteiger charge is 2.15. The second-order valence-electron chi connectivity index (χ2n) is 7.72. The first-order valence-electron chi connectivity index (χ1n) is 10.4. The lowest BCUT2D eigenvalue weighted by Crippen LogP contribution is -2.16. The SMILES string of the molecule is Cc1cc(CNCc2nnc3ccccn23)c(C)n1-c1ccnn1C(C)C.O=C(O)C(=O)O. The van der Waals surface area contributed by atoms with Crippen LogP contribution in [-0.2, 0) is 22.7 Å². The summed E-state index contributed by atoms with van der Waals surface area (Å²) in [4.78, 5) is 18.2. The summed E-state index contributed by atoms with van der Waals surface area (Å²) in [6.45, 7) is 10.0. The monoisotopic (exact) mass is 453 g/mol. The first kappa shape index (κ1) is 23.7. The predicted molar refractivity (Wildman–Crippen MR) is 120 cm³/mol. The molecule has 0 saturated heterocycles. The molecule has 4 aromatic heterocycles. The van der Waals surface area contributed by atoms with Crippen LogP contribution in [0.4, 0.5) is 0 Å². The summed E-state index contributed by atoms with van der Waals surface area (Å²) in [6, 6.07) is 10.5. The summed E-state index contributed by atoms with van der Waals surface area (Å²) in [6.07, 6.45) is 3.85. The molecule has 0 saturated carbocycles. The Morgan fingerprint density at radius 2 is 1.79 bits per heavy atom. The van der Waals surface area contributed by atoms with Crippen molar-refractivity contribution in [2.75, 3.05) is 0 Å². The summed E-state index contributed by atoms with van der Waals surface area (Å²) in [7, 11) is 0. The standard InChI is InChI=1S/C20H25N7.C2H2O4/c1-14(2)27-20(8-9-22-27)26-15(3)11-17(16(26)4)12-21-13-19-24-23-18-7-5-6-10-25(18)19;3-1(4)2(5)6/h5-11,14,21H,12-13H2,1-4H3;(H,3,4)(H,5,6). The average molecular weight is 454 g/mol. The molecule has 0 aliphatic heterocycles. The smallest absolute Gasteiger partial charge is 0.414 e. The van der Waals surface area contributed by atoms with Crippen molar-refractivity contribution in [3.8, 4) is 5.82 Å². The van der Waals surface area contributed by atoms with Gasteiger partial charge in [-0.1, -0.05) is 6.07 Å². The molecule has 0 aliphatic carbocycles. The maximum Gasteiger partial charge on any atom is 0.414 e. The minimum Gasteiger partial charge on any atom is -0.473 e. The van der Waals surface area contributed by atoms with E-state index in [0.29, 0.717) is 12.6 Å². The number of carboxylic acid groups (broad SMARTS) is 2. The molecular formula is C22H27N7O4. The highest BCUT2D eigenvalue weighted by Crippen LogP contribution is 2.22. The fourth-order valence-corrected chi connectivity index (χ4v) is 3.56. The number of carboxylic acids is 2. The topological polar surface area (TPSA) is 140 Å². The van der Waals surface area contributed by atoms with Crippen LogP contribution < -0.4 is 5.32 Å². The number of aliphatic carboxylic acids is 2. The number of aryl methyl sites for hydroxylation is 1. The third-order valence-corrected chi connectivity index (χ3v) is 5.07. The summed E-state index contributed by atoms with van der Waals surface area (Å²) < 4.78 is 6.34. The van der Waals surface area contributed by atoms with Gasteiger partial charge in [0.25, 0.3) is 0 Å². The third kappa shape index (κ3) is 5.26. The number of rotatable bonds is 6. The molecule has 0 unspecified atom stereocenters. The maximum absolute atomic E-state index is 9.10. The molecule has 0 amide bonds. The van der Waals surface area contributed by atoms with Gasteiger partial charge in [0.2, 0.25) is 0 Å². The van der Waals surface area contributed by atoms with Gasteiger partial charge in [0, 0.05) is 36.2 Å². The molecule has 0 aliphatic rings. The number of hydrogen-bond acceptors (Lipinski definition) is 6. The van der Waals surface area contributed by atoms with E-state index >= 15 is 0 Å². The van der Waals surface area contributed by atoms with Crippen LogP contribution in [0.1, 0.15) is 42.7 Å². The van der Waals surface area contributed by atoms with E-state index in [1.165, 1.54) is 17.0 Å². The lowest BCUT2D eigenvalue weighted by Gasteiger charge is -2.15. The molecule has 4 rings (SSSR count). The van der Waals surface area contributed by atoms with E-state index in [9.17, 15) is 0 Å². The molecule has 0 bridgehead atoms. The van der Waals surface area contributed by atoms with Crippen LogP contribution in [0.3, 0.4) is 0 Å². The van der Waals surface area contributed by atoms with E-state index in [-0.39, 0.29) is 0 Å². The molecule has 3 N–H and O–H groups in total. The Balaban J connectivity index is 0.000000454. The van der Waals surface area contributed by atoms with Crippen LogP contribution in [0.15, 0.2) is 42.7 Å². The Morgan fingerprint density at radius 1 is 1.06 bits per heavy atom. The Hall–Kier alpha value is -3.99. The second-order valence-corrected chi connectivity index (χ2v) is 7.72. The fourth-order valence-electron chi connectivity index (χ4n) is 3.56. The van der Waals surface area contributed by atoms with Crippen molar-refractivity contribution in [3.63, 3.8) is 0 Å². The van der Waals surface area contributed by atoms with Crippen LogP contribution in [-0.4, -0.2) is 51.1 Å². The predicted octanol–water partition coefficient (Wildman–Crippen LogP) is 2.36. The Labute approximate surface area is 190 Å². The molecule has 0 radical (unpaired) electrons. The zero-order valence-electron chi connectivity index (χ0n) is 18.9. The first-order valence-corrected chi connectivity index (χ1v) is 10.4. The van der Waals surface area contributed by atoms with Gasteiger partial charge < -0.3 is 20.1 Å². The van der Waals surface area contributed by atoms with E-state index in [1.807, 2.05) is 35.0 Å². The molecule has 11 heteroatoms. The van der Waals surface area contributed by atoms with Gasteiger partial charge in [-0.25, -0.2) is 14.3 Å². The van der Waals surface area contributed by atoms with Crippen molar-refractivity contribution >= 4 is 17.6 Å². The van der Waals surface area contributed by atoms with Crippen molar-refractivity contribution in [1.82, 2.24) is 34.3 Å². The molecule has 174 valence electrons. The average Bonchev–Trinajstić information content (AvgIpc) is 3.47. The van der Waals surface area contributed by atoms with E-state index in [4.69, 9.17) is 19.8 Å². The number of hydrogen-bond donors (Lipinski definition) is 3. The number of nitrogens with one attached hydrogen (secondary N) is 1. The maximum atomic E-state index is 9.10. The number of pyridine rings is 1. The zero-order chi connectivity index (χ0) is 24.1. The fraction of sp³-hybridized carbons (Fsp3) is 0.318. The van der Waals surface area contributed by atoms with Crippen molar-refractivity contribution in [2.45, 2.75) is 46.8 Å². The van der Waals surface area contributed by atoms with E-state index in [2.05, 4.69) is 69.7 Å². The van der Waals surface area contributed by atoms with Crippen molar-refractivity contribution < 1.29 is 19.8 Å². The zero-order valence-corrected chi connectivity index (χ0v) is 18.9. The largest absolute Gasteiger partial charge is 0.473 e. The molecule has 0 atom stereocenters. The van der Waals surface area contributed by atoms with Gasteiger partial charge in [-0.05, 0) is 51.5 Å². The van der Waals surface area contributed by atoms with E-state index in [0.717, 1.165) is 23.8 Å². The Morgan fingerprint density at radius 3 is 2.45 bits per heavy atom.